The van der Waals surface area contributed by atoms with Crippen LogP contribution in [0.5, 0.6) is 0 Å². The molecule has 0 unspecified atom stereocenters. The first-order valence-electron chi connectivity index (χ1n) is 7.95. The Bertz CT molecular complexity index is 961. The Hall–Kier alpha value is -3.32. The summed E-state index contributed by atoms with van der Waals surface area (Å²) in [5, 5.41) is 8.58. The third-order valence-corrected chi connectivity index (χ3v) is 3.76. The number of hydrogen-bond donors (Lipinski definition) is 3. The van der Waals surface area contributed by atoms with Gasteiger partial charge in [0.1, 0.15) is 5.82 Å². The molecule has 2 amide bonds. The average molecular weight is 388 g/mol. The maximum absolute atomic E-state index is 13.2. The minimum atomic E-state index is -0.450. The smallest absolute Gasteiger partial charge is 0.291 e. The van der Waals surface area contributed by atoms with E-state index in [0.717, 1.165) is 0 Å². The van der Waals surface area contributed by atoms with Crippen LogP contribution in [0, 0.1) is 5.82 Å². The van der Waals surface area contributed by atoms with Gasteiger partial charge in [-0.1, -0.05) is 17.7 Å². The predicted molar refractivity (Wildman–Crippen MR) is 102 cm³/mol. The molecule has 138 valence electrons. The quantitative estimate of drug-likeness (QED) is 0.586. The number of carbonyl (C=O) groups excluding carboxylic acids is 2. The highest BCUT2D eigenvalue weighted by atomic mass is 35.5. The first kappa shape index (κ1) is 18.5. The fourth-order valence-corrected chi connectivity index (χ4v) is 2.48. The molecule has 3 aromatic rings. The molecule has 0 saturated carbocycles. The van der Waals surface area contributed by atoms with Crippen LogP contribution in [0.4, 0.5) is 21.5 Å². The average Bonchev–Trinajstić information content (AvgIpc) is 3.16. The standard InChI is InChI=1S/C19H15ClFN3O3/c20-12-6-7-15(16(9-12)24-19(26)17-5-2-8-27-17)22-11-18(25)23-14-4-1-3-13(21)10-14/h1-10,22H,11H2,(H,23,25)(H,24,26). The summed E-state index contributed by atoms with van der Waals surface area (Å²) in [5.74, 6) is -1.13. The van der Waals surface area contributed by atoms with Gasteiger partial charge in [0.25, 0.3) is 5.91 Å². The second kappa shape index (κ2) is 8.37. The summed E-state index contributed by atoms with van der Waals surface area (Å²) in [6, 6.07) is 13.5. The lowest BCUT2D eigenvalue weighted by atomic mass is 10.2. The van der Waals surface area contributed by atoms with Gasteiger partial charge < -0.3 is 20.4 Å². The molecule has 1 heterocycles. The van der Waals surface area contributed by atoms with Crippen molar-refractivity contribution in [1.29, 1.82) is 0 Å². The molecule has 0 aliphatic rings. The number of anilines is 3. The first-order valence-corrected chi connectivity index (χ1v) is 8.33. The number of benzene rings is 2. The Kier molecular flexibility index (Phi) is 5.73. The van der Waals surface area contributed by atoms with Crippen molar-refractivity contribution in [3.63, 3.8) is 0 Å². The van der Waals surface area contributed by atoms with Crippen molar-refractivity contribution < 1.29 is 18.4 Å². The SMILES string of the molecule is O=C(CNc1ccc(Cl)cc1NC(=O)c1ccco1)Nc1cccc(F)c1. The molecule has 3 N–H and O–H groups in total. The lowest BCUT2D eigenvalue weighted by Gasteiger charge is -2.13. The van der Waals surface area contributed by atoms with Crippen molar-refractivity contribution >= 4 is 40.5 Å². The van der Waals surface area contributed by atoms with E-state index in [1.807, 2.05) is 0 Å². The zero-order chi connectivity index (χ0) is 19.2. The number of carbonyl (C=O) groups is 2. The Morgan fingerprint density at radius 3 is 2.59 bits per heavy atom. The Morgan fingerprint density at radius 1 is 1.00 bits per heavy atom. The summed E-state index contributed by atoms with van der Waals surface area (Å²) in [4.78, 5) is 24.2. The summed E-state index contributed by atoms with van der Waals surface area (Å²) in [6.45, 7) is -0.0955. The number of nitrogens with one attached hydrogen (secondary N) is 3. The van der Waals surface area contributed by atoms with E-state index < -0.39 is 11.7 Å². The molecule has 3 rings (SSSR count). The van der Waals surface area contributed by atoms with E-state index in [-0.39, 0.29) is 18.2 Å². The lowest BCUT2D eigenvalue weighted by molar-refractivity contribution is -0.114. The highest BCUT2D eigenvalue weighted by Gasteiger charge is 2.13. The number of hydrogen-bond acceptors (Lipinski definition) is 4. The summed E-state index contributed by atoms with van der Waals surface area (Å²) in [7, 11) is 0. The van der Waals surface area contributed by atoms with E-state index >= 15 is 0 Å². The van der Waals surface area contributed by atoms with Crippen LogP contribution in [-0.2, 0) is 4.79 Å². The molecule has 1 aromatic heterocycles. The molecule has 2 aromatic carbocycles. The summed E-state index contributed by atoms with van der Waals surface area (Å²) >= 11 is 5.99. The van der Waals surface area contributed by atoms with E-state index in [1.165, 1.54) is 30.5 Å². The molecular weight excluding hydrogens is 373 g/mol. The highest BCUT2D eigenvalue weighted by molar-refractivity contribution is 6.31. The molecule has 0 atom stereocenters. The molecule has 0 radical (unpaired) electrons. The topological polar surface area (TPSA) is 83.4 Å². The van der Waals surface area contributed by atoms with Gasteiger partial charge in [0.05, 0.1) is 24.2 Å². The van der Waals surface area contributed by atoms with Crippen molar-refractivity contribution in [2.45, 2.75) is 0 Å². The molecular formula is C19H15ClFN3O3. The third-order valence-electron chi connectivity index (χ3n) is 3.52. The fraction of sp³-hybridized carbons (Fsp3) is 0.0526. The van der Waals surface area contributed by atoms with Crippen LogP contribution in [-0.4, -0.2) is 18.4 Å². The number of furan rings is 1. The van der Waals surface area contributed by atoms with E-state index in [0.29, 0.717) is 22.1 Å². The fourth-order valence-electron chi connectivity index (χ4n) is 2.31. The Morgan fingerprint density at radius 2 is 1.85 bits per heavy atom. The molecule has 0 aliphatic carbocycles. The van der Waals surface area contributed by atoms with Gasteiger partial charge in [0.15, 0.2) is 5.76 Å². The minimum Gasteiger partial charge on any atom is -0.459 e. The van der Waals surface area contributed by atoms with Crippen molar-refractivity contribution in [2.24, 2.45) is 0 Å². The van der Waals surface area contributed by atoms with Gasteiger partial charge in [-0.15, -0.1) is 0 Å². The molecule has 27 heavy (non-hydrogen) atoms. The van der Waals surface area contributed by atoms with Gasteiger partial charge in [-0.3, -0.25) is 9.59 Å². The zero-order valence-corrected chi connectivity index (χ0v) is 14.7. The van der Waals surface area contributed by atoms with Crippen molar-refractivity contribution in [3.8, 4) is 0 Å². The van der Waals surface area contributed by atoms with Crippen LogP contribution in [0.15, 0.2) is 65.3 Å². The summed E-state index contributed by atoms with van der Waals surface area (Å²) < 4.78 is 18.2. The van der Waals surface area contributed by atoms with E-state index in [9.17, 15) is 14.0 Å². The van der Waals surface area contributed by atoms with E-state index in [2.05, 4.69) is 16.0 Å². The van der Waals surface area contributed by atoms with Crippen molar-refractivity contribution in [1.82, 2.24) is 0 Å². The first-order chi connectivity index (χ1) is 13.0. The van der Waals surface area contributed by atoms with E-state index in [1.54, 1.807) is 30.3 Å². The number of halogens is 2. The molecule has 0 bridgehead atoms. The zero-order valence-electron chi connectivity index (χ0n) is 14.0. The molecule has 6 nitrogen and oxygen atoms in total. The monoisotopic (exact) mass is 387 g/mol. The van der Waals surface area contributed by atoms with Gasteiger partial charge >= 0.3 is 0 Å². The normalized spacial score (nSPS) is 10.3. The Labute approximate surface area is 159 Å². The second-order valence-electron chi connectivity index (χ2n) is 5.53. The van der Waals surface area contributed by atoms with Crippen LogP contribution in [0.1, 0.15) is 10.6 Å². The lowest BCUT2D eigenvalue weighted by Crippen LogP contribution is -2.22. The third kappa shape index (κ3) is 5.08. The van der Waals surface area contributed by atoms with Crippen LogP contribution in [0.2, 0.25) is 5.02 Å². The summed E-state index contributed by atoms with van der Waals surface area (Å²) in [6.07, 6.45) is 1.39. The Balaban J connectivity index is 1.65. The van der Waals surface area contributed by atoms with Gasteiger partial charge in [0.2, 0.25) is 5.91 Å². The van der Waals surface area contributed by atoms with Crippen LogP contribution in [0.3, 0.4) is 0 Å². The van der Waals surface area contributed by atoms with E-state index in [4.69, 9.17) is 16.0 Å². The van der Waals surface area contributed by atoms with Gasteiger partial charge in [-0.25, -0.2) is 4.39 Å². The molecule has 0 spiro atoms. The van der Waals surface area contributed by atoms with Gasteiger partial charge in [-0.05, 0) is 48.5 Å². The van der Waals surface area contributed by atoms with Crippen molar-refractivity contribution in [2.75, 3.05) is 22.5 Å². The number of amides is 2. The van der Waals surface area contributed by atoms with Crippen LogP contribution < -0.4 is 16.0 Å². The van der Waals surface area contributed by atoms with Gasteiger partial charge in [-0.2, -0.15) is 0 Å². The minimum absolute atomic E-state index is 0.0955. The van der Waals surface area contributed by atoms with Crippen LogP contribution >= 0.6 is 11.6 Å². The maximum Gasteiger partial charge on any atom is 0.291 e. The largest absolute Gasteiger partial charge is 0.459 e. The van der Waals surface area contributed by atoms with Crippen LogP contribution in [0.25, 0.3) is 0 Å². The molecule has 0 saturated heterocycles. The van der Waals surface area contributed by atoms with Crippen molar-refractivity contribution in [3.05, 3.63) is 77.5 Å². The number of rotatable bonds is 6. The second-order valence-corrected chi connectivity index (χ2v) is 5.97. The maximum atomic E-state index is 13.2. The predicted octanol–water partition coefficient (Wildman–Crippen LogP) is 4.38. The molecule has 8 heteroatoms. The van der Waals surface area contributed by atoms with Gasteiger partial charge in [0, 0.05) is 10.7 Å². The molecule has 0 fully saturated rings. The molecule has 0 aliphatic heterocycles. The highest BCUT2D eigenvalue weighted by Crippen LogP contribution is 2.26. The summed E-state index contributed by atoms with van der Waals surface area (Å²) in [5.41, 5.74) is 1.24.